The molecule has 0 bridgehead atoms. The lowest BCUT2D eigenvalue weighted by Crippen LogP contribution is -2.33. The molecule has 0 radical (unpaired) electrons. The standard InChI is InChI=1S/C16H24N2O3/c1-12(2)11-21-15-6-4-3-5-14(15)17-16(20)18-8-7-13(9-18)10-19/h3-6,12-13,19H,7-11H2,1-2H3,(H,17,20). The number of urea groups is 1. The summed E-state index contributed by atoms with van der Waals surface area (Å²) in [7, 11) is 0. The molecule has 1 heterocycles. The zero-order valence-electron chi connectivity index (χ0n) is 12.7. The Kier molecular flexibility index (Phi) is 5.44. The number of anilines is 1. The maximum Gasteiger partial charge on any atom is 0.321 e. The molecule has 1 saturated heterocycles. The van der Waals surface area contributed by atoms with Gasteiger partial charge in [0.25, 0.3) is 0 Å². The van der Waals surface area contributed by atoms with Crippen molar-refractivity contribution in [2.24, 2.45) is 11.8 Å². The topological polar surface area (TPSA) is 61.8 Å². The van der Waals surface area contributed by atoms with Crippen LogP contribution < -0.4 is 10.1 Å². The summed E-state index contributed by atoms with van der Waals surface area (Å²) >= 11 is 0. The molecule has 0 aromatic heterocycles. The van der Waals surface area contributed by atoms with Crippen molar-refractivity contribution < 1.29 is 14.6 Å². The number of carbonyl (C=O) groups is 1. The predicted molar refractivity (Wildman–Crippen MR) is 82.6 cm³/mol. The average Bonchev–Trinajstić information content (AvgIpc) is 2.95. The van der Waals surface area contributed by atoms with Gasteiger partial charge in [0.2, 0.25) is 0 Å². The van der Waals surface area contributed by atoms with Crippen molar-refractivity contribution in [3.63, 3.8) is 0 Å². The number of aliphatic hydroxyl groups excluding tert-OH is 1. The third kappa shape index (κ3) is 4.36. The van der Waals surface area contributed by atoms with Gasteiger partial charge in [-0.05, 0) is 24.5 Å². The number of ether oxygens (including phenoxy) is 1. The molecule has 1 aromatic carbocycles. The van der Waals surface area contributed by atoms with Crippen LogP contribution in [0.2, 0.25) is 0 Å². The van der Waals surface area contributed by atoms with Gasteiger partial charge in [0.15, 0.2) is 0 Å². The summed E-state index contributed by atoms with van der Waals surface area (Å²) < 4.78 is 5.73. The molecule has 2 amide bonds. The zero-order valence-corrected chi connectivity index (χ0v) is 12.7. The van der Waals surface area contributed by atoms with Crippen LogP contribution in [0.4, 0.5) is 10.5 Å². The smallest absolute Gasteiger partial charge is 0.321 e. The highest BCUT2D eigenvalue weighted by atomic mass is 16.5. The highest BCUT2D eigenvalue weighted by molar-refractivity contribution is 5.91. The molecular formula is C16H24N2O3. The molecule has 5 heteroatoms. The molecule has 1 aromatic rings. The molecular weight excluding hydrogens is 268 g/mol. The van der Waals surface area contributed by atoms with Crippen LogP contribution in [0, 0.1) is 11.8 Å². The molecule has 116 valence electrons. The van der Waals surface area contributed by atoms with Gasteiger partial charge in [-0.25, -0.2) is 4.79 Å². The Morgan fingerprint density at radius 2 is 2.24 bits per heavy atom. The summed E-state index contributed by atoms with van der Waals surface area (Å²) in [6, 6.07) is 7.33. The van der Waals surface area contributed by atoms with Gasteiger partial charge >= 0.3 is 6.03 Å². The van der Waals surface area contributed by atoms with Crippen LogP contribution in [0.15, 0.2) is 24.3 Å². The number of rotatable bonds is 5. The Balaban J connectivity index is 1.97. The largest absolute Gasteiger partial charge is 0.491 e. The lowest BCUT2D eigenvalue weighted by atomic mass is 10.1. The van der Waals surface area contributed by atoms with E-state index in [-0.39, 0.29) is 18.6 Å². The van der Waals surface area contributed by atoms with Crippen molar-refractivity contribution in [2.75, 3.05) is 31.6 Å². The lowest BCUT2D eigenvalue weighted by Gasteiger charge is -2.19. The number of nitrogens with zero attached hydrogens (tertiary/aromatic N) is 1. The van der Waals surface area contributed by atoms with E-state index in [1.807, 2.05) is 24.3 Å². The molecule has 1 unspecified atom stereocenters. The van der Waals surface area contributed by atoms with Gasteiger partial charge < -0.3 is 20.1 Å². The minimum Gasteiger partial charge on any atom is -0.491 e. The third-order valence-electron chi connectivity index (χ3n) is 3.53. The van der Waals surface area contributed by atoms with Crippen LogP contribution in [0.1, 0.15) is 20.3 Å². The number of amides is 2. The number of aliphatic hydroxyl groups is 1. The van der Waals surface area contributed by atoms with Crippen LogP contribution >= 0.6 is 0 Å². The van der Waals surface area contributed by atoms with Gasteiger partial charge in [-0.2, -0.15) is 0 Å². The van der Waals surface area contributed by atoms with Gasteiger partial charge in [0.1, 0.15) is 5.75 Å². The van der Waals surface area contributed by atoms with E-state index < -0.39 is 0 Å². The second-order valence-corrected chi connectivity index (χ2v) is 5.91. The lowest BCUT2D eigenvalue weighted by molar-refractivity contribution is 0.208. The number of carbonyl (C=O) groups excluding carboxylic acids is 1. The van der Waals surface area contributed by atoms with Crippen LogP contribution in [0.25, 0.3) is 0 Å². The fraction of sp³-hybridized carbons (Fsp3) is 0.562. The Labute approximate surface area is 125 Å². The summed E-state index contributed by atoms with van der Waals surface area (Å²) in [6.07, 6.45) is 0.857. The summed E-state index contributed by atoms with van der Waals surface area (Å²) in [5.41, 5.74) is 0.690. The maximum atomic E-state index is 12.2. The second kappa shape index (κ2) is 7.31. The van der Waals surface area contributed by atoms with Gasteiger partial charge in [-0.1, -0.05) is 26.0 Å². The number of hydrogen-bond donors (Lipinski definition) is 2. The summed E-state index contributed by atoms with van der Waals surface area (Å²) in [6.45, 7) is 6.21. The number of benzene rings is 1. The van der Waals surface area contributed by atoms with Crippen molar-refractivity contribution in [2.45, 2.75) is 20.3 Å². The molecule has 1 aliphatic heterocycles. The van der Waals surface area contributed by atoms with Crippen molar-refractivity contribution >= 4 is 11.7 Å². The first-order chi connectivity index (χ1) is 10.1. The molecule has 21 heavy (non-hydrogen) atoms. The molecule has 0 spiro atoms. The molecule has 0 saturated carbocycles. The van der Waals surface area contributed by atoms with Gasteiger partial charge in [0, 0.05) is 25.6 Å². The van der Waals surface area contributed by atoms with Crippen LogP contribution in [0.5, 0.6) is 5.75 Å². The van der Waals surface area contributed by atoms with E-state index in [4.69, 9.17) is 9.84 Å². The average molecular weight is 292 g/mol. The van der Waals surface area contributed by atoms with Gasteiger partial charge in [0.05, 0.1) is 12.3 Å². The number of para-hydroxylation sites is 2. The van der Waals surface area contributed by atoms with E-state index in [2.05, 4.69) is 19.2 Å². The number of likely N-dealkylation sites (tertiary alicyclic amines) is 1. The van der Waals surface area contributed by atoms with Crippen LogP contribution in [-0.2, 0) is 0 Å². The second-order valence-electron chi connectivity index (χ2n) is 5.91. The Morgan fingerprint density at radius 3 is 2.90 bits per heavy atom. The van der Waals surface area contributed by atoms with Crippen molar-refractivity contribution in [1.29, 1.82) is 0 Å². The quantitative estimate of drug-likeness (QED) is 0.877. The molecule has 0 aliphatic carbocycles. The first kappa shape index (κ1) is 15.6. The molecule has 2 rings (SSSR count). The highest BCUT2D eigenvalue weighted by Gasteiger charge is 2.26. The minimum atomic E-state index is -0.133. The summed E-state index contributed by atoms with van der Waals surface area (Å²) in [5.74, 6) is 1.32. The predicted octanol–water partition coefficient (Wildman–Crippen LogP) is 2.57. The molecule has 1 atom stereocenters. The third-order valence-corrected chi connectivity index (χ3v) is 3.53. The van der Waals surface area contributed by atoms with Crippen LogP contribution in [0.3, 0.4) is 0 Å². The SMILES string of the molecule is CC(C)COc1ccccc1NC(=O)N1CCC(CO)C1. The minimum absolute atomic E-state index is 0.133. The maximum absolute atomic E-state index is 12.2. The summed E-state index contributed by atoms with van der Waals surface area (Å²) in [4.78, 5) is 14.0. The highest BCUT2D eigenvalue weighted by Crippen LogP contribution is 2.25. The Morgan fingerprint density at radius 1 is 1.48 bits per heavy atom. The Bertz CT molecular complexity index is 476. The molecule has 1 aliphatic rings. The van der Waals surface area contributed by atoms with E-state index in [9.17, 15) is 4.79 Å². The molecule has 5 nitrogen and oxygen atoms in total. The summed E-state index contributed by atoms with van der Waals surface area (Å²) in [5, 5.41) is 12.0. The van der Waals surface area contributed by atoms with Crippen LogP contribution in [-0.4, -0.2) is 42.3 Å². The molecule has 1 fully saturated rings. The van der Waals surface area contributed by atoms with Crippen molar-refractivity contribution in [1.82, 2.24) is 4.90 Å². The van der Waals surface area contributed by atoms with E-state index in [0.29, 0.717) is 37.1 Å². The van der Waals surface area contributed by atoms with Gasteiger partial charge in [-0.15, -0.1) is 0 Å². The van der Waals surface area contributed by atoms with E-state index in [0.717, 1.165) is 6.42 Å². The first-order valence-corrected chi connectivity index (χ1v) is 7.48. The van der Waals surface area contributed by atoms with E-state index >= 15 is 0 Å². The monoisotopic (exact) mass is 292 g/mol. The zero-order chi connectivity index (χ0) is 15.2. The van der Waals surface area contributed by atoms with Crippen molar-refractivity contribution in [3.8, 4) is 5.75 Å². The Hall–Kier alpha value is -1.75. The first-order valence-electron chi connectivity index (χ1n) is 7.48. The van der Waals surface area contributed by atoms with E-state index in [1.54, 1.807) is 4.90 Å². The van der Waals surface area contributed by atoms with Gasteiger partial charge in [-0.3, -0.25) is 0 Å². The number of hydrogen-bond acceptors (Lipinski definition) is 3. The molecule has 2 N–H and O–H groups in total. The fourth-order valence-electron chi connectivity index (χ4n) is 2.31. The van der Waals surface area contributed by atoms with Crippen molar-refractivity contribution in [3.05, 3.63) is 24.3 Å². The number of nitrogens with one attached hydrogen (secondary N) is 1. The normalized spacial score (nSPS) is 18.1. The van der Waals surface area contributed by atoms with E-state index in [1.165, 1.54) is 0 Å². The fourth-order valence-corrected chi connectivity index (χ4v) is 2.31.